The molecule has 12 heteroatoms. The number of aromatic amines is 1. The number of hydrogen-bond donors (Lipinski definition) is 3. The van der Waals surface area contributed by atoms with Crippen LogP contribution in [0.5, 0.6) is 0 Å². The van der Waals surface area contributed by atoms with E-state index >= 15 is 4.39 Å². The maximum Gasteiger partial charge on any atom is 0.232 e. The summed E-state index contributed by atoms with van der Waals surface area (Å²) in [6.45, 7) is 6.68. The monoisotopic (exact) mass is 552 g/mol. The van der Waals surface area contributed by atoms with E-state index in [9.17, 15) is 8.42 Å². The van der Waals surface area contributed by atoms with Gasteiger partial charge in [-0.2, -0.15) is 9.97 Å². The van der Waals surface area contributed by atoms with Crippen LogP contribution in [0.4, 0.5) is 38.9 Å². The lowest BCUT2D eigenvalue weighted by molar-refractivity contribution is 0.258. The second-order valence-electron chi connectivity index (χ2n) is 9.63. The lowest BCUT2D eigenvalue weighted by Gasteiger charge is -2.36. The minimum Gasteiger partial charge on any atom is -0.367 e. The zero-order chi connectivity index (χ0) is 27.6. The minimum absolute atomic E-state index is 0.265. The molecule has 0 unspecified atom stereocenters. The van der Waals surface area contributed by atoms with Gasteiger partial charge in [0.05, 0.1) is 28.7 Å². The summed E-state index contributed by atoms with van der Waals surface area (Å²) < 4.78 is 40.7. The highest BCUT2D eigenvalue weighted by atomic mass is 32.2. The fourth-order valence-electron chi connectivity index (χ4n) is 4.75. The number of nitrogens with one attached hydrogen (secondary N) is 3. The standard InChI is InChI=1S/C27H33FN8O2S/c1-4-13-35-14-16-36(17-15-35)23-10-9-19(18-21(23)28)30-27-32-25-20(11-12-29-25)26(33-27)31-22-7-5-6-8-24(22)34(2)39(3,37)38/h5-12,18H,4,13-17H2,1-3H3,(H3,29,30,31,32,33). The summed E-state index contributed by atoms with van der Waals surface area (Å²) in [7, 11) is -1.97. The summed E-state index contributed by atoms with van der Waals surface area (Å²) in [5.41, 5.74) is 2.73. The van der Waals surface area contributed by atoms with Gasteiger partial charge >= 0.3 is 0 Å². The van der Waals surface area contributed by atoms with Crippen molar-refractivity contribution in [3.05, 3.63) is 60.5 Å². The van der Waals surface area contributed by atoms with Gasteiger partial charge in [-0.05, 0) is 49.4 Å². The molecule has 0 atom stereocenters. The normalized spacial score (nSPS) is 14.5. The highest BCUT2D eigenvalue weighted by Crippen LogP contribution is 2.32. The first-order valence-electron chi connectivity index (χ1n) is 12.9. The van der Waals surface area contributed by atoms with E-state index in [1.807, 2.05) is 18.2 Å². The Morgan fingerprint density at radius 3 is 2.54 bits per heavy atom. The van der Waals surface area contributed by atoms with E-state index in [1.165, 1.54) is 17.4 Å². The summed E-state index contributed by atoms with van der Waals surface area (Å²) in [6, 6.07) is 14.0. The third kappa shape index (κ3) is 5.91. The first-order chi connectivity index (χ1) is 18.7. The molecule has 0 aliphatic carbocycles. The minimum atomic E-state index is -3.47. The Labute approximate surface area is 227 Å². The van der Waals surface area contributed by atoms with Gasteiger partial charge in [-0.25, -0.2) is 12.8 Å². The third-order valence-electron chi connectivity index (χ3n) is 6.87. The number of benzene rings is 2. The molecule has 4 aromatic rings. The molecule has 0 saturated carbocycles. The molecular weight excluding hydrogens is 519 g/mol. The molecule has 0 amide bonds. The van der Waals surface area contributed by atoms with Gasteiger partial charge in [0, 0.05) is 45.1 Å². The summed E-state index contributed by atoms with van der Waals surface area (Å²) in [6.07, 6.45) is 4.02. The summed E-state index contributed by atoms with van der Waals surface area (Å²) in [5, 5.41) is 7.09. The average Bonchev–Trinajstić information content (AvgIpc) is 3.38. The zero-order valence-corrected chi connectivity index (χ0v) is 23.1. The second-order valence-corrected chi connectivity index (χ2v) is 11.6. The Morgan fingerprint density at radius 2 is 1.82 bits per heavy atom. The van der Waals surface area contributed by atoms with Gasteiger partial charge in [-0.1, -0.05) is 19.1 Å². The lowest BCUT2D eigenvalue weighted by Crippen LogP contribution is -2.46. The smallest absolute Gasteiger partial charge is 0.232 e. The van der Waals surface area contributed by atoms with Gasteiger partial charge in [0.2, 0.25) is 16.0 Å². The van der Waals surface area contributed by atoms with E-state index in [-0.39, 0.29) is 11.8 Å². The molecular formula is C27H33FN8O2S. The molecule has 2 aromatic heterocycles. The van der Waals surface area contributed by atoms with Gasteiger partial charge in [0.1, 0.15) is 17.3 Å². The second kappa shape index (κ2) is 11.1. The van der Waals surface area contributed by atoms with Crippen molar-refractivity contribution in [1.29, 1.82) is 0 Å². The number of nitrogens with zero attached hydrogens (tertiary/aromatic N) is 5. The molecule has 1 aliphatic heterocycles. The molecule has 3 N–H and O–H groups in total. The molecule has 1 fully saturated rings. The van der Waals surface area contributed by atoms with Crippen LogP contribution in [-0.4, -0.2) is 74.3 Å². The van der Waals surface area contributed by atoms with Gasteiger partial charge in [-0.15, -0.1) is 0 Å². The molecule has 10 nitrogen and oxygen atoms in total. The van der Waals surface area contributed by atoms with E-state index in [0.717, 1.165) is 50.8 Å². The molecule has 1 saturated heterocycles. The SMILES string of the molecule is CCCN1CCN(c2ccc(Nc3nc(Nc4ccccc4N(C)S(C)(=O)=O)c4cc[nH]c4n3)cc2F)CC1. The first kappa shape index (κ1) is 26.7. The van der Waals surface area contributed by atoms with Crippen molar-refractivity contribution in [1.82, 2.24) is 19.9 Å². The van der Waals surface area contributed by atoms with E-state index in [1.54, 1.807) is 30.5 Å². The Bertz CT molecular complexity index is 1570. The van der Waals surface area contributed by atoms with Crippen LogP contribution >= 0.6 is 0 Å². The molecule has 39 heavy (non-hydrogen) atoms. The van der Waals surface area contributed by atoms with E-state index in [4.69, 9.17) is 0 Å². The molecule has 0 radical (unpaired) electrons. The van der Waals surface area contributed by atoms with Crippen LogP contribution in [0.1, 0.15) is 13.3 Å². The molecule has 0 spiro atoms. The highest BCUT2D eigenvalue weighted by molar-refractivity contribution is 7.92. The number of halogens is 1. The number of fused-ring (bicyclic) bond motifs is 1. The Kier molecular flexibility index (Phi) is 7.58. The number of aromatic nitrogens is 3. The number of anilines is 6. The number of H-pyrrole nitrogens is 1. The van der Waals surface area contributed by atoms with Crippen molar-refractivity contribution in [2.24, 2.45) is 0 Å². The van der Waals surface area contributed by atoms with Gasteiger partial charge in [0.25, 0.3) is 0 Å². The lowest BCUT2D eigenvalue weighted by atomic mass is 10.2. The van der Waals surface area contributed by atoms with Crippen LogP contribution in [-0.2, 0) is 10.0 Å². The van der Waals surface area contributed by atoms with Crippen molar-refractivity contribution in [3.63, 3.8) is 0 Å². The predicted molar refractivity (Wildman–Crippen MR) is 155 cm³/mol. The van der Waals surface area contributed by atoms with Crippen molar-refractivity contribution in [2.45, 2.75) is 13.3 Å². The Hall–Kier alpha value is -3.90. The first-order valence-corrected chi connectivity index (χ1v) is 14.8. The predicted octanol–water partition coefficient (Wildman–Crippen LogP) is 4.51. The van der Waals surface area contributed by atoms with Crippen LogP contribution < -0.4 is 19.8 Å². The zero-order valence-electron chi connectivity index (χ0n) is 22.3. The van der Waals surface area contributed by atoms with Crippen molar-refractivity contribution in [2.75, 3.05) is 65.9 Å². The van der Waals surface area contributed by atoms with Crippen LogP contribution in [0.25, 0.3) is 11.0 Å². The third-order valence-corrected chi connectivity index (χ3v) is 8.06. The topological polar surface area (TPSA) is 109 Å². The largest absolute Gasteiger partial charge is 0.367 e. The molecule has 3 heterocycles. The fraction of sp³-hybridized carbons (Fsp3) is 0.333. The van der Waals surface area contributed by atoms with Crippen molar-refractivity contribution < 1.29 is 12.8 Å². The van der Waals surface area contributed by atoms with Gasteiger partial charge in [-0.3, -0.25) is 9.21 Å². The van der Waals surface area contributed by atoms with Gasteiger partial charge < -0.3 is 20.5 Å². The average molecular weight is 553 g/mol. The fourth-order valence-corrected chi connectivity index (χ4v) is 5.27. The Balaban J connectivity index is 1.38. The summed E-state index contributed by atoms with van der Waals surface area (Å²) in [4.78, 5) is 16.7. The molecule has 0 bridgehead atoms. The Morgan fingerprint density at radius 1 is 1.05 bits per heavy atom. The molecule has 2 aromatic carbocycles. The summed E-state index contributed by atoms with van der Waals surface area (Å²) in [5.74, 6) is 0.433. The van der Waals surface area contributed by atoms with Crippen molar-refractivity contribution in [3.8, 4) is 0 Å². The molecule has 1 aliphatic rings. The maximum absolute atomic E-state index is 15.2. The van der Waals surface area contributed by atoms with Crippen LogP contribution in [0.2, 0.25) is 0 Å². The quantitative estimate of drug-likeness (QED) is 0.278. The van der Waals surface area contributed by atoms with E-state index in [2.05, 4.69) is 42.3 Å². The highest BCUT2D eigenvalue weighted by Gasteiger charge is 2.20. The van der Waals surface area contributed by atoms with Crippen LogP contribution in [0.3, 0.4) is 0 Å². The van der Waals surface area contributed by atoms with Crippen LogP contribution in [0.15, 0.2) is 54.7 Å². The maximum atomic E-state index is 15.2. The number of sulfonamides is 1. The number of piperazine rings is 1. The summed E-state index contributed by atoms with van der Waals surface area (Å²) >= 11 is 0. The van der Waals surface area contributed by atoms with Gasteiger partial charge in [0.15, 0.2) is 0 Å². The number of rotatable bonds is 9. The molecule has 5 rings (SSSR count). The number of hydrogen-bond acceptors (Lipinski definition) is 8. The molecule has 206 valence electrons. The van der Waals surface area contributed by atoms with Crippen LogP contribution in [0, 0.1) is 5.82 Å². The van der Waals surface area contributed by atoms with Crippen molar-refractivity contribution >= 4 is 55.6 Å². The number of para-hydroxylation sites is 2. The van der Waals surface area contributed by atoms with E-state index < -0.39 is 10.0 Å². The van der Waals surface area contributed by atoms with E-state index in [0.29, 0.717) is 34.2 Å².